The Balaban J connectivity index is 4.57. The number of carbonyl (C=O) groups is 1. The molecule has 0 aliphatic heterocycles. The van der Waals surface area contributed by atoms with Gasteiger partial charge in [0.15, 0.2) is 0 Å². The molecule has 0 aromatic rings. The number of hydrogen-bond acceptors (Lipinski definition) is 2. The lowest BCUT2D eigenvalue weighted by Crippen LogP contribution is -2.09. The van der Waals surface area contributed by atoms with Gasteiger partial charge in [0, 0.05) is 0 Å². The monoisotopic (exact) mass is 250 g/mol. The van der Waals surface area contributed by atoms with Crippen LogP contribution in [0.15, 0.2) is 35.3 Å². The molecule has 0 atom stereocenters. The molecule has 0 amide bonds. The smallest absolute Gasteiger partial charge is 0.299 e. The summed E-state index contributed by atoms with van der Waals surface area (Å²) in [5.74, 6) is 0.257. The Hall–Kier alpha value is -0.970. The average molecular weight is 250 g/mol. The van der Waals surface area contributed by atoms with Crippen molar-refractivity contribution in [1.29, 1.82) is 0 Å². The molecule has 5 heteroatoms. The molecular formula is C11H13F3OS. The van der Waals surface area contributed by atoms with E-state index in [2.05, 4.69) is 6.58 Å². The summed E-state index contributed by atoms with van der Waals surface area (Å²) in [4.78, 5) is 11.3. The summed E-state index contributed by atoms with van der Waals surface area (Å²) in [6, 6.07) is 0. The van der Waals surface area contributed by atoms with Gasteiger partial charge in [-0.2, -0.15) is 13.2 Å². The number of ketones is 1. The van der Waals surface area contributed by atoms with E-state index in [4.69, 9.17) is 0 Å². The Morgan fingerprint density at radius 2 is 1.88 bits per heavy atom. The third-order valence-electron chi connectivity index (χ3n) is 1.55. The highest BCUT2D eigenvalue weighted by Crippen LogP contribution is 2.26. The van der Waals surface area contributed by atoms with Crippen LogP contribution in [0.5, 0.6) is 0 Å². The second kappa shape index (κ2) is 6.58. The van der Waals surface area contributed by atoms with Crippen molar-refractivity contribution in [3.8, 4) is 0 Å². The second-order valence-electron chi connectivity index (χ2n) is 3.09. The zero-order valence-corrected chi connectivity index (χ0v) is 9.91. The van der Waals surface area contributed by atoms with Crippen LogP contribution in [-0.2, 0) is 4.79 Å². The van der Waals surface area contributed by atoms with Crippen molar-refractivity contribution in [2.75, 3.05) is 5.75 Å². The van der Waals surface area contributed by atoms with Gasteiger partial charge in [-0.25, -0.2) is 0 Å². The number of halogens is 3. The molecule has 90 valence electrons. The lowest BCUT2D eigenvalue weighted by molar-refractivity contribution is -0.114. The molecule has 0 unspecified atom stereocenters. The molecule has 16 heavy (non-hydrogen) atoms. The molecule has 0 N–H and O–H groups in total. The minimum Gasteiger partial charge on any atom is -0.299 e. The third kappa shape index (κ3) is 6.50. The SMILES string of the molecule is C=C/C(=C\C=C(/C)SCC(C)=O)C(F)(F)F. The topological polar surface area (TPSA) is 17.1 Å². The summed E-state index contributed by atoms with van der Waals surface area (Å²) in [6.45, 7) is 6.19. The summed E-state index contributed by atoms with van der Waals surface area (Å²) in [5, 5.41) is 0. The lowest BCUT2D eigenvalue weighted by Gasteiger charge is -2.05. The van der Waals surface area contributed by atoms with E-state index in [1.807, 2.05) is 0 Å². The summed E-state index contributed by atoms with van der Waals surface area (Å²) in [7, 11) is 0. The van der Waals surface area contributed by atoms with Crippen LogP contribution in [0.3, 0.4) is 0 Å². The van der Waals surface area contributed by atoms with Gasteiger partial charge in [0.1, 0.15) is 5.78 Å². The molecule has 0 spiro atoms. The Kier molecular flexibility index (Phi) is 6.18. The van der Waals surface area contributed by atoms with Crippen molar-refractivity contribution in [2.24, 2.45) is 0 Å². The largest absolute Gasteiger partial charge is 0.416 e. The molecule has 0 aromatic heterocycles. The van der Waals surface area contributed by atoms with Crippen LogP contribution in [0.4, 0.5) is 13.2 Å². The predicted molar refractivity (Wildman–Crippen MR) is 61.2 cm³/mol. The molecule has 1 nitrogen and oxygen atoms in total. The number of alkyl halides is 3. The molecule has 0 saturated heterocycles. The van der Waals surface area contributed by atoms with Crippen LogP contribution in [0.2, 0.25) is 0 Å². The van der Waals surface area contributed by atoms with Gasteiger partial charge in [0.2, 0.25) is 0 Å². The minimum atomic E-state index is -4.39. The minimum absolute atomic E-state index is 0.0125. The van der Waals surface area contributed by atoms with Gasteiger partial charge in [0.05, 0.1) is 11.3 Å². The summed E-state index contributed by atoms with van der Waals surface area (Å²) in [6.07, 6.45) is -1.34. The first-order chi connectivity index (χ1) is 7.27. The first-order valence-electron chi connectivity index (χ1n) is 4.48. The number of Topliss-reactive ketones (excluding diaryl/α,β-unsaturated/α-hetero) is 1. The van der Waals surface area contributed by atoms with Crippen molar-refractivity contribution in [2.45, 2.75) is 20.0 Å². The number of hydrogen-bond donors (Lipinski definition) is 0. The highest BCUT2D eigenvalue weighted by atomic mass is 32.2. The van der Waals surface area contributed by atoms with Gasteiger partial charge in [-0.05, 0) is 24.8 Å². The van der Waals surface area contributed by atoms with Gasteiger partial charge in [-0.1, -0.05) is 18.7 Å². The third-order valence-corrected chi connectivity index (χ3v) is 2.69. The van der Waals surface area contributed by atoms with Gasteiger partial charge in [-0.15, -0.1) is 11.8 Å². The number of thioether (sulfide) groups is 1. The summed E-state index contributed by atoms with van der Waals surface area (Å²) in [5.41, 5.74) is -0.796. The van der Waals surface area contributed by atoms with E-state index in [0.717, 1.165) is 12.2 Å². The van der Waals surface area contributed by atoms with Crippen LogP contribution in [0.25, 0.3) is 0 Å². The molecule has 0 aliphatic rings. The van der Waals surface area contributed by atoms with Crippen molar-refractivity contribution in [3.05, 3.63) is 35.3 Å². The fraction of sp³-hybridized carbons (Fsp3) is 0.364. The molecular weight excluding hydrogens is 237 g/mol. The van der Waals surface area contributed by atoms with Gasteiger partial charge in [0.25, 0.3) is 0 Å². The highest BCUT2D eigenvalue weighted by molar-refractivity contribution is 8.03. The Morgan fingerprint density at radius 1 is 1.31 bits per heavy atom. The van der Waals surface area contributed by atoms with Gasteiger partial charge < -0.3 is 0 Å². The molecule has 0 rings (SSSR count). The number of rotatable bonds is 5. The van der Waals surface area contributed by atoms with E-state index < -0.39 is 11.7 Å². The molecule has 0 bridgehead atoms. The second-order valence-corrected chi connectivity index (χ2v) is 4.31. The van der Waals surface area contributed by atoms with E-state index in [1.165, 1.54) is 24.8 Å². The zero-order chi connectivity index (χ0) is 12.8. The van der Waals surface area contributed by atoms with E-state index >= 15 is 0 Å². The Bertz CT molecular complexity index is 327. The van der Waals surface area contributed by atoms with Crippen LogP contribution in [0.1, 0.15) is 13.8 Å². The van der Waals surface area contributed by atoms with Crippen LogP contribution < -0.4 is 0 Å². The lowest BCUT2D eigenvalue weighted by atomic mass is 10.2. The van der Waals surface area contributed by atoms with Gasteiger partial charge in [-0.3, -0.25) is 4.79 Å². The van der Waals surface area contributed by atoms with E-state index in [0.29, 0.717) is 4.91 Å². The predicted octanol–water partition coefficient (Wildman–Crippen LogP) is 3.89. The fourth-order valence-electron chi connectivity index (χ4n) is 0.749. The molecule has 0 saturated carbocycles. The van der Waals surface area contributed by atoms with E-state index in [-0.39, 0.29) is 11.5 Å². The summed E-state index contributed by atoms with van der Waals surface area (Å²) >= 11 is 1.21. The summed E-state index contributed by atoms with van der Waals surface area (Å²) < 4.78 is 36.8. The molecule has 0 fully saturated rings. The molecule has 0 radical (unpaired) electrons. The Labute approximate surface area is 97.1 Å². The van der Waals surface area contributed by atoms with Crippen LogP contribution in [0, 0.1) is 0 Å². The quantitative estimate of drug-likeness (QED) is 0.689. The van der Waals surface area contributed by atoms with Crippen molar-refractivity contribution >= 4 is 17.5 Å². The first kappa shape index (κ1) is 15.0. The normalized spacial score (nSPS) is 13.8. The van der Waals surface area contributed by atoms with Crippen molar-refractivity contribution < 1.29 is 18.0 Å². The number of carbonyl (C=O) groups excluding carboxylic acids is 1. The maximum Gasteiger partial charge on any atom is 0.416 e. The van der Waals surface area contributed by atoms with Gasteiger partial charge >= 0.3 is 6.18 Å². The molecule has 0 aliphatic carbocycles. The van der Waals surface area contributed by atoms with E-state index in [9.17, 15) is 18.0 Å². The van der Waals surface area contributed by atoms with Crippen molar-refractivity contribution in [3.63, 3.8) is 0 Å². The fourth-order valence-corrected chi connectivity index (χ4v) is 1.34. The standard InChI is InChI=1S/C11H13F3OS/c1-4-10(11(12,13)14)6-5-9(3)16-7-8(2)15/h4-6H,1,7H2,2-3H3/b9-5+,10-6+. The zero-order valence-electron chi connectivity index (χ0n) is 9.10. The first-order valence-corrected chi connectivity index (χ1v) is 5.46. The highest BCUT2D eigenvalue weighted by Gasteiger charge is 2.30. The van der Waals surface area contributed by atoms with E-state index in [1.54, 1.807) is 6.92 Å². The van der Waals surface area contributed by atoms with Crippen LogP contribution in [-0.4, -0.2) is 17.7 Å². The molecule has 0 heterocycles. The molecule has 0 aromatic carbocycles. The Morgan fingerprint density at radius 3 is 2.25 bits per heavy atom. The maximum atomic E-state index is 12.3. The number of allylic oxidation sites excluding steroid dienone is 5. The van der Waals surface area contributed by atoms with Crippen molar-refractivity contribution in [1.82, 2.24) is 0 Å². The average Bonchev–Trinajstić information content (AvgIpc) is 2.13. The maximum absolute atomic E-state index is 12.3. The van der Waals surface area contributed by atoms with Crippen LogP contribution >= 0.6 is 11.8 Å².